The van der Waals surface area contributed by atoms with Crippen molar-refractivity contribution in [1.82, 2.24) is 19.7 Å². The average molecular weight is 416 g/mol. The van der Waals surface area contributed by atoms with E-state index in [1.54, 1.807) is 23.1 Å². The number of carbonyl (C=O) groups is 1. The van der Waals surface area contributed by atoms with E-state index < -0.39 is 0 Å². The van der Waals surface area contributed by atoms with Gasteiger partial charge in [-0.15, -0.1) is 21.5 Å². The minimum Gasteiger partial charge on any atom is -0.370 e. The molecule has 2 N–H and O–H groups in total. The van der Waals surface area contributed by atoms with Crippen LogP contribution in [-0.4, -0.2) is 25.7 Å². The Balaban J connectivity index is 1.64. The quantitative estimate of drug-likeness (QED) is 0.510. The molecule has 0 aliphatic heterocycles. The van der Waals surface area contributed by atoms with Gasteiger partial charge in [-0.25, -0.2) is 4.98 Å². The summed E-state index contributed by atoms with van der Waals surface area (Å²) in [6.07, 6.45) is 1.67. The molecular formula is C20H25N5OS2. The van der Waals surface area contributed by atoms with Gasteiger partial charge in [0.1, 0.15) is 5.82 Å². The zero-order valence-corrected chi connectivity index (χ0v) is 17.8. The third kappa shape index (κ3) is 5.90. The van der Waals surface area contributed by atoms with E-state index >= 15 is 0 Å². The number of hydrogen-bond acceptors (Lipinski definition) is 6. The second kappa shape index (κ2) is 9.84. The van der Waals surface area contributed by atoms with E-state index in [4.69, 9.17) is 10.7 Å². The van der Waals surface area contributed by atoms with Crippen molar-refractivity contribution in [2.45, 2.75) is 50.6 Å². The number of nitrogens with zero attached hydrogens (tertiary/aromatic N) is 4. The van der Waals surface area contributed by atoms with Crippen LogP contribution in [0.5, 0.6) is 0 Å². The number of hydrogen-bond donors (Lipinski definition) is 1. The van der Waals surface area contributed by atoms with Crippen LogP contribution in [0.2, 0.25) is 0 Å². The van der Waals surface area contributed by atoms with E-state index in [9.17, 15) is 4.79 Å². The lowest BCUT2D eigenvalue weighted by Crippen LogP contribution is -2.15. The minimum absolute atomic E-state index is 0.288. The Hall–Kier alpha value is -2.19. The van der Waals surface area contributed by atoms with Gasteiger partial charge in [0.05, 0.1) is 10.7 Å². The van der Waals surface area contributed by atoms with Crippen molar-refractivity contribution in [2.24, 2.45) is 11.7 Å². The van der Waals surface area contributed by atoms with Crippen LogP contribution in [0.4, 0.5) is 0 Å². The maximum atomic E-state index is 11.1. The van der Waals surface area contributed by atoms with E-state index in [1.807, 2.05) is 6.07 Å². The van der Waals surface area contributed by atoms with Gasteiger partial charge in [0, 0.05) is 36.9 Å². The van der Waals surface area contributed by atoms with E-state index in [0.717, 1.165) is 40.4 Å². The van der Waals surface area contributed by atoms with Gasteiger partial charge >= 0.3 is 0 Å². The Kier molecular flexibility index (Phi) is 7.22. The molecule has 0 spiro atoms. The molecule has 28 heavy (non-hydrogen) atoms. The molecule has 0 saturated heterocycles. The highest BCUT2D eigenvalue weighted by atomic mass is 32.2. The molecule has 6 nitrogen and oxygen atoms in total. The molecule has 1 amide bonds. The SMILES string of the molecule is CC(C)Cn1c(CCC(N)=O)nnc1SCc1csc(Cc2ccccc2)n1. The summed E-state index contributed by atoms with van der Waals surface area (Å²) in [5.74, 6) is 1.70. The fraction of sp³-hybridized carbons (Fsp3) is 0.400. The standard InChI is InChI=1S/C20H25N5OS2/c1-14(2)11-25-18(9-8-17(21)26)23-24-20(25)28-13-16-12-27-19(22-16)10-15-6-4-3-5-7-15/h3-7,12,14H,8-11,13H2,1-2H3,(H2,21,26). The number of carbonyl (C=O) groups excluding carboxylic acids is 1. The van der Waals surface area contributed by atoms with Crippen LogP contribution >= 0.6 is 23.1 Å². The maximum Gasteiger partial charge on any atom is 0.217 e. The van der Waals surface area contributed by atoms with Crippen LogP contribution in [0, 0.1) is 5.92 Å². The predicted octanol–water partition coefficient (Wildman–Crippen LogP) is 3.69. The van der Waals surface area contributed by atoms with E-state index in [1.165, 1.54) is 5.56 Å². The smallest absolute Gasteiger partial charge is 0.217 e. The third-order valence-corrected chi connectivity index (χ3v) is 5.98. The lowest BCUT2D eigenvalue weighted by atomic mass is 10.2. The summed E-state index contributed by atoms with van der Waals surface area (Å²) in [5.41, 5.74) is 7.61. The zero-order chi connectivity index (χ0) is 19.9. The maximum absolute atomic E-state index is 11.1. The van der Waals surface area contributed by atoms with Gasteiger partial charge in [0.15, 0.2) is 5.16 Å². The van der Waals surface area contributed by atoms with Gasteiger partial charge in [0.25, 0.3) is 0 Å². The molecule has 148 valence electrons. The topological polar surface area (TPSA) is 86.7 Å². The molecule has 0 aliphatic rings. The van der Waals surface area contributed by atoms with Crippen LogP contribution in [0.3, 0.4) is 0 Å². The number of thioether (sulfide) groups is 1. The largest absolute Gasteiger partial charge is 0.370 e. The Morgan fingerprint density at radius 2 is 2.04 bits per heavy atom. The predicted molar refractivity (Wildman–Crippen MR) is 113 cm³/mol. The molecule has 0 aliphatic carbocycles. The second-order valence-electron chi connectivity index (χ2n) is 7.05. The number of thiazole rings is 1. The van der Waals surface area contributed by atoms with Crippen molar-refractivity contribution in [3.05, 3.63) is 57.8 Å². The Morgan fingerprint density at radius 3 is 2.75 bits per heavy atom. The minimum atomic E-state index is -0.318. The van der Waals surface area contributed by atoms with Crippen molar-refractivity contribution < 1.29 is 4.79 Å². The fourth-order valence-electron chi connectivity index (χ4n) is 2.80. The highest BCUT2D eigenvalue weighted by Crippen LogP contribution is 2.25. The summed E-state index contributed by atoms with van der Waals surface area (Å²) in [4.78, 5) is 15.9. The van der Waals surface area contributed by atoms with Crippen LogP contribution in [0.15, 0.2) is 40.9 Å². The zero-order valence-electron chi connectivity index (χ0n) is 16.2. The van der Waals surface area contributed by atoms with Crippen LogP contribution < -0.4 is 5.73 Å². The van der Waals surface area contributed by atoms with Crippen molar-refractivity contribution in [3.8, 4) is 0 Å². The second-order valence-corrected chi connectivity index (χ2v) is 8.94. The van der Waals surface area contributed by atoms with Gasteiger partial charge in [-0.2, -0.15) is 0 Å². The van der Waals surface area contributed by atoms with Gasteiger partial charge in [0.2, 0.25) is 5.91 Å². The van der Waals surface area contributed by atoms with Gasteiger partial charge in [-0.3, -0.25) is 4.79 Å². The summed E-state index contributed by atoms with van der Waals surface area (Å²) in [6.45, 7) is 5.13. The first-order chi connectivity index (χ1) is 13.5. The van der Waals surface area contributed by atoms with E-state index in [0.29, 0.717) is 12.3 Å². The van der Waals surface area contributed by atoms with Crippen molar-refractivity contribution in [2.75, 3.05) is 0 Å². The van der Waals surface area contributed by atoms with Crippen molar-refractivity contribution >= 4 is 29.0 Å². The lowest BCUT2D eigenvalue weighted by Gasteiger charge is -2.11. The lowest BCUT2D eigenvalue weighted by molar-refractivity contribution is -0.118. The highest BCUT2D eigenvalue weighted by Gasteiger charge is 2.15. The first-order valence-corrected chi connectivity index (χ1v) is 11.2. The van der Waals surface area contributed by atoms with Gasteiger partial charge in [-0.1, -0.05) is 55.9 Å². The van der Waals surface area contributed by atoms with Crippen LogP contribution in [0.1, 0.15) is 42.4 Å². The molecule has 1 aromatic carbocycles. The molecule has 0 atom stereocenters. The molecule has 0 saturated carbocycles. The fourth-order valence-corrected chi connectivity index (χ4v) is 4.59. The van der Waals surface area contributed by atoms with Gasteiger partial charge in [-0.05, 0) is 11.5 Å². The number of nitrogens with two attached hydrogens (primary N) is 1. The Morgan fingerprint density at radius 1 is 1.25 bits per heavy atom. The first-order valence-electron chi connectivity index (χ1n) is 9.31. The molecule has 3 aromatic rings. The number of primary amides is 1. The molecule has 8 heteroatoms. The molecule has 2 heterocycles. The highest BCUT2D eigenvalue weighted by molar-refractivity contribution is 7.98. The Bertz CT molecular complexity index is 904. The summed E-state index contributed by atoms with van der Waals surface area (Å²) in [6, 6.07) is 10.4. The number of rotatable bonds is 10. The van der Waals surface area contributed by atoms with E-state index in [-0.39, 0.29) is 12.3 Å². The summed E-state index contributed by atoms with van der Waals surface area (Å²) >= 11 is 3.33. The summed E-state index contributed by atoms with van der Waals surface area (Å²) < 4.78 is 2.11. The number of amides is 1. The van der Waals surface area contributed by atoms with Crippen LogP contribution in [0.25, 0.3) is 0 Å². The summed E-state index contributed by atoms with van der Waals surface area (Å²) in [7, 11) is 0. The number of aromatic nitrogens is 4. The first kappa shape index (κ1) is 20.5. The monoisotopic (exact) mass is 415 g/mol. The van der Waals surface area contributed by atoms with Crippen molar-refractivity contribution in [1.29, 1.82) is 0 Å². The number of aryl methyl sites for hydroxylation is 1. The molecule has 0 unspecified atom stereocenters. The molecule has 2 aromatic heterocycles. The number of benzene rings is 1. The molecule has 0 radical (unpaired) electrons. The molecular weight excluding hydrogens is 390 g/mol. The van der Waals surface area contributed by atoms with Gasteiger partial charge < -0.3 is 10.3 Å². The molecule has 3 rings (SSSR count). The van der Waals surface area contributed by atoms with Crippen molar-refractivity contribution in [3.63, 3.8) is 0 Å². The van der Waals surface area contributed by atoms with Crippen LogP contribution in [-0.2, 0) is 29.9 Å². The average Bonchev–Trinajstić information content (AvgIpc) is 3.25. The molecule has 0 fully saturated rings. The van der Waals surface area contributed by atoms with E-state index in [2.05, 4.69) is 58.3 Å². The Labute approximate surface area is 173 Å². The normalized spacial score (nSPS) is 11.2. The summed E-state index contributed by atoms with van der Waals surface area (Å²) in [5, 5.41) is 12.7. The third-order valence-electron chi connectivity index (χ3n) is 4.08. The molecule has 0 bridgehead atoms.